The Labute approximate surface area is 289 Å². The first-order valence-electron chi connectivity index (χ1n) is 19.3. The van der Waals surface area contributed by atoms with Crippen LogP contribution in [-0.2, 0) is 32.7 Å². The fourth-order valence-corrected chi connectivity index (χ4v) is 6.13. The monoisotopic (exact) mass is 692 g/mol. The quantitative estimate of drug-likeness (QED) is 0.0390. The molecule has 0 radical (unpaired) electrons. The Morgan fingerprint density at radius 1 is 0.574 bits per heavy atom. The molecule has 0 heterocycles. The summed E-state index contributed by atoms with van der Waals surface area (Å²) in [6.45, 7) is 4.32. The number of hydrogen-bond donors (Lipinski definition) is 1. The van der Waals surface area contributed by atoms with Crippen molar-refractivity contribution in [3.05, 3.63) is 0 Å². The third-order valence-corrected chi connectivity index (χ3v) is 9.40. The fourth-order valence-electron chi connectivity index (χ4n) is 5.39. The number of esters is 2. The second-order valence-corrected chi connectivity index (χ2v) is 14.9. The Morgan fingerprint density at radius 2 is 0.957 bits per heavy atom. The Hall–Kier alpha value is -0.990. The summed E-state index contributed by atoms with van der Waals surface area (Å²) >= 11 is 0. The number of unbranched alkanes of at least 4 members (excludes halogenated alkanes) is 22. The Kier molecular flexibility index (Phi) is 32.8. The first-order valence-corrected chi connectivity index (χ1v) is 20.8. The summed E-state index contributed by atoms with van der Waals surface area (Å²) in [4.78, 5) is 36.8. The number of nitrogens with zero attached hydrogens (tertiary/aromatic N) is 1. The highest BCUT2D eigenvalue weighted by molar-refractivity contribution is 7.47. The van der Waals surface area contributed by atoms with Crippen molar-refractivity contribution in [2.24, 2.45) is 0 Å². The van der Waals surface area contributed by atoms with Crippen LogP contribution in [0.5, 0.6) is 0 Å². The standard InChI is InChI=1S/C37H74NO8P/c1-5-7-9-11-13-15-17-19-21-23-25-27-29-36(39)43-33-35(34-45-47(41,42)44-32-31-38(3)4)46-37(40)30-28-26-24-22-20-18-16-14-12-10-8-6-2/h35H,5-34H2,1-4H3,(H,41,42). The minimum Gasteiger partial charge on any atom is -0.462 e. The third-order valence-electron chi connectivity index (χ3n) is 8.41. The van der Waals surface area contributed by atoms with Gasteiger partial charge in [0.1, 0.15) is 6.61 Å². The first-order chi connectivity index (χ1) is 22.7. The summed E-state index contributed by atoms with van der Waals surface area (Å²) in [6.07, 6.45) is 28.5. The average molecular weight is 692 g/mol. The van der Waals surface area contributed by atoms with E-state index in [2.05, 4.69) is 13.8 Å². The molecule has 0 amide bonds. The largest absolute Gasteiger partial charge is 0.472 e. The zero-order valence-corrected chi connectivity index (χ0v) is 31.9. The van der Waals surface area contributed by atoms with Crippen molar-refractivity contribution in [3.8, 4) is 0 Å². The molecule has 0 fully saturated rings. The van der Waals surface area contributed by atoms with Gasteiger partial charge in [-0.3, -0.25) is 18.6 Å². The van der Waals surface area contributed by atoms with Crippen LogP contribution in [0.1, 0.15) is 181 Å². The van der Waals surface area contributed by atoms with E-state index in [1.807, 2.05) is 19.0 Å². The molecule has 47 heavy (non-hydrogen) atoms. The fraction of sp³-hybridized carbons (Fsp3) is 0.946. The smallest absolute Gasteiger partial charge is 0.462 e. The van der Waals surface area contributed by atoms with Gasteiger partial charge in [0.25, 0.3) is 0 Å². The number of carbonyl (C=O) groups is 2. The van der Waals surface area contributed by atoms with Crippen LogP contribution < -0.4 is 0 Å². The molecule has 280 valence electrons. The zero-order chi connectivity index (χ0) is 34.9. The van der Waals surface area contributed by atoms with E-state index in [9.17, 15) is 19.0 Å². The minimum atomic E-state index is -4.34. The SMILES string of the molecule is CCCCCCCCCCCCCCC(=O)OCC(COP(=O)(O)OCCN(C)C)OC(=O)CCCCCCCCCCCCCC. The second-order valence-electron chi connectivity index (χ2n) is 13.5. The Balaban J connectivity index is 4.33. The maximum atomic E-state index is 12.6. The van der Waals surface area contributed by atoms with Gasteiger partial charge in [-0.15, -0.1) is 0 Å². The average Bonchev–Trinajstić information content (AvgIpc) is 3.03. The molecule has 10 heteroatoms. The van der Waals surface area contributed by atoms with Crippen LogP contribution in [0.3, 0.4) is 0 Å². The van der Waals surface area contributed by atoms with E-state index in [0.29, 0.717) is 19.4 Å². The summed E-state index contributed by atoms with van der Waals surface area (Å²) in [5.41, 5.74) is 0. The Bertz CT molecular complexity index is 767. The van der Waals surface area contributed by atoms with E-state index < -0.39 is 26.5 Å². The van der Waals surface area contributed by atoms with Crippen molar-refractivity contribution in [3.63, 3.8) is 0 Å². The van der Waals surface area contributed by atoms with Gasteiger partial charge in [-0.2, -0.15) is 0 Å². The lowest BCUT2D eigenvalue weighted by Gasteiger charge is -2.20. The van der Waals surface area contributed by atoms with Crippen LogP contribution in [0.2, 0.25) is 0 Å². The predicted molar refractivity (Wildman–Crippen MR) is 193 cm³/mol. The number of ether oxygens (including phenoxy) is 2. The van der Waals surface area contributed by atoms with Crippen LogP contribution in [0.4, 0.5) is 0 Å². The molecule has 0 aliphatic carbocycles. The van der Waals surface area contributed by atoms with Crippen molar-refractivity contribution >= 4 is 19.8 Å². The van der Waals surface area contributed by atoms with Crippen molar-refractivity contribution in [2.45, 2.75) is 187 Å². The highest BCUT2D eigenvalue weighted by Crippen LogP contribution is 2.43. The van der Waals surface area contributed by atoms with Crippen LogP contribution in [0, 0.1) is 0 Å². The molecule has 2 atom stereocenters. The van der Waals surface area contributed by atoms with Gasteiger partial charge in [0.05, 0.1) is 13.2 Å². The van der Waals surface area contributed by atoms with Gasteiger partial charge < -0.3 is 19.3 Å². The summed E-state index contributed by atoms with van der Waals surface area (Å²) in [5, 5.41) is 0. The van der Waals surface area contributed by atoms with Crippen molar-refractivity contribution < 1.29 is 37.6 Å². The molecule has 0 rings (SSSR count). The van der Waals surface area contributed by atoms with E-state index in [0.717, 1.165) is 32.1 Å². The Morgan fingerprint density at radius 3 is 1.36 bits per heavy atom. The number of phosphoric ester groups is 1. The summed E-state index contributed by atoms with van der Waals surface area (Å²) in [5.74, 6) is -0.794. The second kappa shape index (κ2) is 33.5. The molecule has 0 aromatic rings. The third kappa shape index (κ3) is 34.7. The van der Waals surface area contributed by atoms with Crippen LogP contribution in [-0.4, -0.2) is 68.3 Å². The van der Waals surface area contributed by atoms with Gasteiger partial charge in [-0.25, -0.2) is 4.57 Å². The zero-order valence-electron chi connectivity index (χ0n) is 31.0. The van der Waals surface area contributed by atoms with Gasteiger partial charge >= 0.3 is 19.8 Å². The molecule has 9 nitrogen and oxygen atoms in total. The number of hydrogen-bond acceptors (Lipinski definition) is 8. The molecule has 0 aliphatic rings. The van der Waals surface area contributed by atoms with Crippen LogP contribution in [0.15, 0.2) is 0 Å². The summed E-state index contributed by atoms with van der Waals surface area (Å²) in [7, 11) is -0.697. The maximum Gasteiger partial charge on any atom is 0.472 e. The van der Waals surface area contributed by atoms with E-state index in [4.69, 9.17) is 18.5 Å². The van der Waals surface area contributed by atoms with Gasteiger partial charge in [-0.1, -0.05) is 155 Å². The molecule has 0 saturated carbocycles. The molecule has 0 aliphatic heterocycles. The normalized spacial score (nSPS) is 13.5. The molecular weight excluding hydrogens is 617 g/mol. The van der Waals surface area contributed by atoms with Gasteiger partial charge in [0.15, 0.2) is 6.10 Å². The first kappa shape index (κ1) is 46.0. The van der Waals surface area contributed by atoms with E-state index in [-0.39, 0.29) is 25.6 Å². The lowest BCUT2D eigenvalue weighted by Crippen LogP contribution is -2.29. The van der Waals surface area contributed by atoms with E-state index >= 15 is 0 Å². The van der Waals surface area contributed by atoms with Crippen LogP contribution >= 0.6 is 7.82 Å². The molecule has 0 spiro atoms. The molecule has 2 unspecified atom stereocenters. The molecule has 0 aromatic heterocycles. The summed E-state index contributed by atoms with van der Waals surface area (Å²) in [6, 6.07) is 0. The van der Waals surface area contributed by atoms with E-state index in [1.165, 1.54) is 116 Å². The van der Waals surface area contributed by atoms with Gasteiger partial charge in [0, 0.05) is 19.4 Å². The lowest BCUT2D eigenvalue weighted by molar-refractivity contribution is -0.161. The number of likely N-dealkylation sites (N-methyl/N-ethyl adjacent to an activating group) is 1. The number of carbonyl (C=O) groups excluding carboxylic acids is 2. The van der Waals surface area contributed by atoms with Gasteiger partial charge in [-0.05, 0) is 26.9 Å². The van der Waals surface area contributed by atoms with Gasteiger partial charge in [0.2, 0.25) is 0 Å². The molecule has 0 saturated heterocycles. The van der Waals surface area contributed by atoms with Crippen LogP contribution in [0.25, 0.3) is 0 Å². The van der Waals surface area contributed by atoms with Crippen molar-refractivity contribution in [2.75, 3.05) is 40.5 Å². The minimum absolute atomic E-state index is 0.0121. The lowest BCUT2D eigenvalue weighted by atomic mass is 10.0. The number of phosphoric acid groups is 1. The highest BCUT2D eigenvalue weighted by atomic mass is 31.2. The topological polar surface area (TPSA) is 112 Å². The maximum absolute atomic E-state index is 12.6. The van der Waals surface area contributed by atoms with Crippen molar-refractivity contribution in [1.82, 2.24) is 4.90 Å². The van der Waals surface area contributed by atoms with Crippen molar-refractivity contribution in [1.29, 1.82) is 0 Å². The van der Waals surface area contributed by atoms with E-state index in [1.54, 1.807) is 0 Å². The molecule has 0 bridgehead atoms. The highest BCUT2D eigenvalue weighted by Gasteiger charge is 2.26. The molecule has 1 N–H and O–H groups in total. The number of rotatable bonds is 36. The predicted octanol–water partition coefficient (Wildman–Crippen LogP) is 10.3. The molecule has 0 aromatic carbocycles. The summed E-state index contributed by atoms with van der Waals surface area (Å²) < 4.78 is 33.3. The molecular formula is C37H74NO8P.